The number of hydrogen-bond acceptors (Lipinski definition) is 3. The van der Waals surface area contributed by atoms with Gasteiger partial charge < -0.3 is 15.4 Å². The second-order valence-corrected chi connectivity index (χ2v) is 4.17. The number of carbonyl (C=O) groups is 2. The number of nitrogens with one attached hydrogen (secondary N) is 2. The lowest BCUT2D eigenvalue weighted by Gasteiger charge is -2.24. The number of rotatable bonds is 4. The van der Waals surface area contributed by atoms with Crippen LogP contribution in [0.25, 0.3) is 0 Å². The quantitative estimate of drug-likeness (QED) is 0.743. The molecule has 0 spiro atoms. The molecule has 1 aliphatic rings. The van der Waals surface area contributed by atoms with Crippen LogP contribution in [0.15, 0.2) is 24.3 Å². The van der Waals surface area contributed by atoms with Crippen molar-refractivity contribution in [3.05, 3.63) is 35.4 Å². The molecule has 1 heterocycles. The second kappa shape index (κ2) is 5.64. The van der Waals surface area contributed by atoms with E-state index in [0.717, 1.165) is 5.56 Å². The molecule has 5 nitrogen and oxygen atoms in total. The number of ether oxygens (including phenoxy) is 1. The minimum absolute atomic E-state index is 0.171. The predicted octanol–water partition coefficient (Wildman–Crippen LogP) is 0.104. The van der Waals surface area contributed by atoms with Crippen molar-refractivity contribution in [1.29, 1.82) is 0 Å². The number of amides is 2. The Hall–Kier alpha value is -1.88. The zero-order valence-corrected chi connectivity index (χ0v) is 10.2. The first kappa shape index (κ1) is 12.6. The molecule has 0 fully saturated rings. The molecule has 5 heteroatoms. The van der Waals surface area contributed by atoms with Gasteiger partial charge in [0.25, 0.3) is 5.91 Å². The Bertz CT molecular complexity index is 459. The molecule has 0 saturated carbocycles. The van der Waals surface area contributed by atoms with Crippen molar-refractivity contribution in [2.24, 2.45) is 0 Å². The van der Waals surface area contributed by atoms with Crippen LogP contribution < -0.4 is 10.6 Å². The van der Waals surface area contributed by atoms with Crippen LogP contribution in [0, 0.1) is 0 Å². The molecule has 18 heavy (non-hydrogen) atoms. The molecule has 1 aromatic carbocycles. The fourth-order valence-corrected chi connectivity index (χ4v) is 1.98. The molecule has 0 radical (unpaired) electrons. The molecule has 2 rings (SSSR count). The lowest BCUT2D eigenvalue weighted by Crippen LogP contribution is -2.51. The third-order valence-electron chi connectivity index (χ3n) is 2.91. The topological polar surface area (TPSA) is 67.4 Å². The Morgan fingerprint density at radius 3 is 3.06 bits per heavy atom. The van der Waals surface area contributed by atoms with Gasteiger partial charge in [-0.25, -0.2) is 0 Å². The fraction of sp³-hybridized carbons (Fsp3) is 0.385. The number of fused-ring (bicyclic) bond motifs is 1. The zero-order valence-electron chi connectivity index (χ0n) is 10.2. The highest BCUT2D eigenvalue weighted by Gasteiger charge is 2.28. The van der Waals surface area contributed by atoms with E-state index in [1.165, 1.54) is 0 Å². The van der Waals surface area contributed by atoms with Crippen molar-refractivity contribution in [3.63, 3.8) is 0 Å². The normalized spacial score (nSPS) is 17.8. The van der Waals surface area contributed by atoms with E-state index in [4.69, 9.17) is 4.74 Å². The molecule has 1 atom stereocenters. The summed E-state index contributed by atoms with van der Waals surface area (Å²) in [5.41, 5.74) is 1.56. The molecule has 0 saturated heterocycles. The maximum atomic E-state index is 11.8. The van der Waals surface area contributed by atoms with E-state index in [2.05, 4.69) is 10.6 Å². The van der Waals surface area contributed by atoms with E-state index >= 15 is 0 Å². The van der Waals surface area contributed by atoms with Gasteiger partial charge in [0.15, 0.2) is 0 Å². The van der Waals surface area contributed by atoms with Gasteiger partial charge >= 0.3 is 0 Å². The summed E-state index contributed by atoms with van der Waals surface area (Å²) in [7, 11) is 1.57. The van der Waals surface area contributed by atoms with Crippen molar-refractivity contribution in [1.82, 2.24) is 10.6 Å². The zero-order chi connectivity index (χ0) is 13.0. The number of methoxy groups -OCH3 is 1. The summed E-state index contributed by atoms with van der Waals surface area (Å²) in [6.45, 7) is 0.909. The lowest BCUT2D eigenvalue weighted by molar-refractivity contribution is -0.123. The Morgan fingerprint density at radius 2 is 2.28 bits per heavy atom. The largest absolute Gasteiger partial charge is 0.383 e. The van der Waals surface area contributed by atoms with Gasteiger partial charge in [-0.3, -0.25) is 9.59 Å². The Balaban J connectivity index is 2.02. The van der Waals surface area contributed by atoms with Gasteiger partial charge in [0.1, 0.15) is 6.04 Å². The lowest BCUT2D eigenvalue weighted by atomic mass is 9.95. The minimum atomic E-state index is -0.496. The van der Waals surface area contributed by atoms with Crippen LogP contribution >= 0.6 is 0 Å². The van der Waals surface area contributed by atoms with Crippen molar-refractivity contribution in [2.45, 2.75) is 12.5 Å². The van der Waals surface area contributed by atoms with Crippen LogP contribution in [0.1, 0.15) is 15.9 Å². The molecule has 1 aromatic rings. The van der Waals surface area contributed by atoms with E-state index in [9.17, 15) is 9.59 Å². The van der Waals surface area contributed by atoms with Gasteiger partial charge in [0.2, 0.25) is 5.91 Å². The maximum Gasteiger partial charge on any atom is 0.252 e. The van der Waals surface area contributed by atoms with E-state index in [1.807, 2.05) is 18.2 Å². The van der Waals surface area contributed by atoms with Crippen LogP contribution in [-0.2, 0) is 16.0 Å². The average molecular weight is 248 g/mol. The van der Waals surface area contributed by atoms with Crippen molar-refractivity contribution < 1.29 is 14.3 Å². The Morgan fingerprint density at radius 1 is 1.50 bits per heavy atom. The minimum Gasteiger partial charge on any atom is -0.383 e. The monoisotopic (exact) mass is 248 g/mol. The van der Waals surface area contributed by atoms with Crippen molar-refractivity contribution >= 4 is 11.8 Å². The molecule has 2 amide bonds. The first-order chi connectivity index (χ1) is 8.72. The molecule has 2 N–H and O–H groups in total. The summed E-state index contributed by atoms with van der Waals surface area (Å²) in [6, 6.07) is 6.84. The first-order valence-corrected chi connectivity index (χ1v) is 5.88. The van der Waals surface area contributed by atoms with Crippen LogP contribution in [0.5, 0.6) is 0 Å². The summed E-state index contributed by atoms with van der Waals surface area (Å²) >= 11 is 0. The van der Waals surface area contributed by atoms with Crippen molar-refractivity contribution in [2.75, 3.05) is 20.3 Å². The molecular weight excluding hydrogens is 232 g/mol. The number of hydrogen-bond donors (Lipinski definition) is 2. The fourth-order valence-electron chi connectivity index (χ4n) is 1.98. The number of carbonyl (C=O) groups excluding carboxylic acids is 2. The van der Waals surface area contributed by atoms with Crippen molar-refractivity contribution in [3.8, 4) is 0 Å². The SMILES string of the molecule is COCCNC(=O)C1Cc2ccccc2C(=O)N1. The highest BCUT2D eigenvalue weighted by atomic mass is 16.5. The summed E-state index contributed by atoms with van der Waals surface area (Å²) < 4.78 is 4.85. The van der Waals surface area contributed by atoms with Gasteiger partial charge in [0.05, 0.1) is 6.61 Å². The standard InChI is InChI=1S/C13H16N2O3/c1-18-7-6-14-13(17)11-8-9-4-2-3-5-10(9)12(16)15-11/h2-5,11H,6-8H2,1H3,(H,14,17)(H,15,16). The van der Waals surface area contributed by atoms with Crippen LogP contribution in [0.3, 0.4) is 0 Å². The third-order valence-corrected chi connectivity index (χ3v) is 2.91. The second-order valence-electron chi connectivity index (χ2n) is 4.17. The molecule has 96 valence electrons. The van der Waals surface area contributed by atoms with Gasteiger partial charge in [-0.15, -0.1) is 0 Å². The molecule has 1 aliphatic heterocycles. The van der Waals surface area contributed by atoms with E-state index in [-0.39, 0.29) is 11.8 Å². The smallest absolute Gasteiger partial charge is 0.252 e. The predicted molar refractivity (Wildman–Crippen MR) is 66.3 cm³/mol. The maximum absolute atomic E-state index is 11.8. The molecule has 0 bridgehead atoms. The summed E-state index contributed by atoms with van der Waals surface area (Å²) in [4.78, 5) is 23.7. The Kier molecular flexibility index (Phi) is 3.94. The van der Waals surface area contributed by atoms with Crippen LogP contribution in [-0.4, -0.2) is 38.1 Å². The highest BCUT2D eigenvalue weighted by Crippen LogP contribution is 2.16. The van der Waals surface area contributed by atoms with E-state index in [1.54, 1.807) is 13.2 Å². The summed E-state index contributed by atoms with van der Waals surface area (Å²) in [5, 5.41) is 5.43. The first-order valence-electron chi connectivity index (χ1n) is 5.88. The van der Waals surface area contributed by atoms with Crippen LogP contribution in [0.2, 0.25) is 0 Å². The van der Waals surface area contributed by atoms with E-state index < -0.39 is 6.04 Å². The number of benzene rings is 1. The van der Waals surface area contributed by atoms with Gasteiger partial charge in [-0.1, -0.05) is 18.2 Å². The Labute approximate surface area is 106 Å². The molecular formula is C13H16N2O3. The highest BCUT2D eigenvalue weighted by molar-refractivity contribution is 6.00. The molecule has 1 unspecified atom stereocenters. The van der Waals surface area contributed by atoms with Gasteiger partial charge in [-0.05, 0) is 11.6 Å². The summed E-state index contributed by atoms with van der Waals surface area (Å²) in [5.74, 6) is -0.362. The molecule has 0 aromatic heterocycles. The van der Waals surface area contributed by atoms with Crippen LogP contribution in [0.4, 0.5) is 0 Å². The average Bonchev–Trinajstić information content (AvgIpc) is 2.39. The van der Waals surface area contributed by atoms with E-state index in [0.29, 0.717) is 25.1 Å². The molecule has 0 aliphatic carbocycles. The third kappa shape index (κ3) is 2.68. The summed E-state index contributed by atoms with van der Waals surface area (Å²) in [6.07, 6.45) is 0.529. The van der Waals surface area contributed by atoms with Gasteiger partial charge in [0, 0.05) is 25.6 Å². The van der Waals surface area contributed by atoms with Gasteiger partial charge in [-0.2, -0.15) is 0 Å².